The summed E-state index contributed by atoms with van der Waals surface area (Å²) >= 11 is 1.75. The van der Waals surface area contributed by atoms with Crippen LogP contribution in [0.15, 0.2) is 12.1 Å². The number of halogens is 2. The molecule has 0 spiro atoms. The number of primary amides is 1. The fraction of sp³-hybridized carbons (Fsp3) is 0. The Labute approximate surface area is 75.9 Å². The Bertz CT molecular complexity index is 303. The topological polar surface area (TPSA) is 56.0 Å². The van der Waals surface area contributed by atoms with Crippen LogP contribution in [0.25, 0.3) is 0 Å². The lowest BCUT2D eigenvalue weighted by Gasteiger charge is -1.96. The van der Waals surface area contributed by atoms with E-state index in [0.717, 1.165) is 6.07 Å². The van der Waals surface area contributed by atoms with Crippen molar-refractivity contribution < 1.29 is 9.18 Å². The van der Waals surface area contributed by atoms with Crippen LogP contribution < -0.4 is 5.73 Å². The van der Waals surface area contributed by atoms with E-state index in [4.69, 9.17) is 5.73 Å². The van der Waals surface area contributed by atoms with E-state index in [2.05, 4.69) is 4.98 Å². The molecule has 0 aliphatic rings. The van der Waals surface area contributed by atoms with Gasteiger partial charge in [0.25, 0.3) is 5.91 Å². The number of carbonyl (C=O) groups excluding carboxylic acids is 1. The molecule has 0 unspecified atom stereocenters. The lowest BCUT2D eigenvalue weighted by molar-refractivity contribution is 0.0999. The molecule has 0 atom stereocenters. The lowest BCUT2D eigenvalue weighted by atomic mass is 10.3. The second-order valence-electron chi connectivity index (χ2n) is 1.84. The fourth-order valence-electron chi connectivity index (χ4n) is 0.596. The Hall–Kier alpha value is -0.720. The summed E-state index contributed by atoms with van der Waals surface area (Å²) in [5, 5.41) is 0. The summed E-state index contributed by atoms with van der Waals surface area (Å²) in [6, 6.07) is 2.41. The Kier molecular flexibility index (Phi) is 2.38. The second kappa shape index (κ2) is 3.12. The van der Waals surface area contributed by atoms with Gasteiger partial charge in [0.1, 0.15) is 3.70 Å². The highest BCUT2D eigenvalue weighted by atomic mass is 127. The van der Waals surface area contributed by atoms with Crippen molar-refractivity contribution in [1.29, 1.82) is 0 Å². The van der Waals surface area contributed by atoms with Gasteiger partial charge in [-0.25, -0.2) is 4.98 Å². The van der Waals surface area contributed by atoms with E-state index in [1.807, 2.05) is 0 Å². The first-order chi connectivity index (χ1) is 5.11. The average molecular weight is 266 g/mol. The Morgan fingerprint density at radius 2 is 2.27 bits per heavy atom. The van der Waals surface area contributed by atoms with Crippen molar-refractivity contribution >= 4 is 28.5 Å². The quantitative estimate of drug-likeness (QED) is 0.607. The van der Waals surface area contributed by atoms with Gasteiger partial charge in [-0.2, -0.15) is 4.39 Å². The van der Waals surface area contributed by atoms with Crippen molar-refractivity contribution in [2.45, 2.75) is 0 Å². The fourth-order valence-corrected chi connectivity index (χ4v) is 1.27. The van der Waals surface area contributed by atoms with E-state index in [1.54, 1.807) is 22.6 Å². The zero-order chi connectivity index (χ0) is 8.43. The van der Waals surface area contributed by atoms with Gasteiger partial charge >= 0.3 is 0 Å². The van der Waals surface area contributed by atoms with E-state index < -0.39 is 11.9 Å². The maximum Gasteiger partial charge on any atom is 0.251 e. The summed E-state index contributed by atoms with van der Waals surface area (Å²) in [6.45, 7) is 0. The van der Waals surface area contributed by atoms with Gasteiger partial charge in [0.05, 0.1) is 5.56 Å². The number of amides is 1. The van der Waals surface area contributed by atoms with Gasteiger partial charge in [-0.15, -0.1) is 0 Å². The molecule has 3 nitrogen and oxygen atoms in total. The molecular weight excluding hydrogens is 262 g/mol. The molecule has 0 aliphatic carbocycles. The number of hydrogen-bond acceptors (Lipinski definition) is 2. The summed E-state index contributed by atoms with van der Waals surface area (Å²) in [5.74, 6) is -1.21. The molecule has 0 fully saturated rings. The van der Waals surface area contributed by atoms with Crippen molar-refractivity contribution in [2.24, 2.45) is 5.73 Å². The predicted octanol–water partition coefficient (Wildman–Crippen LogP) is 0.924. The normalized spacial score (nSPS) is 9.64. The molecule has 0 saturated heterocycles. The van der Waals surface area contributed by atoms with Crippen LogP contribution in [-0.4, -0.2) is 10.9 Å². The predicted molar refractivity (Wildman–Crippen MR) is 45.4 cm³/mol. The molecule has 0 aliphatic heterocycles. The van der Waals surface area contributed by atoms with E-state index in [-0.39, 0.29) is 9.26 Å². The van der Waals surface area contributed by atoms with Crippen molar-refractivity contribution in [2.75, 3.05) is 0 Å². The molecule has 1 aromatic rings. The number of nitrogens with zero attached hydrogens (tertiary/aromatic N) is 1. The molecular formula is C6H4FIN2O. The molecule has 58 valence electrons. The minimum atomic E-state index is -0.612. The number of carbonyl (C=O) groups is 1. The zero-order valence-electron chi connectivity index (χ0n) is 5.34. The Balaban J connectivity index is 3.20. The van der Waals surface area contributed by atoms with Crippen molar-refractivity contribution in [3.63, 3.8) is 0 Å². The van der Waals surface area contributed by atoms with Crippen LogP contribution in [0, 0.1) is 9.65 Å². The molecule has 0 radical (unpaired) electrons. The van der Waals surface area contributed by atoms with Crippen molar-refractivity contribution in [3.05, 3.63) is 27.3 Å². The SMILES string of the molecule is NC(=O)c1ccc(F)nc1I. The number of aromatic nitrogens is 1. The first-order valence-electron chi connectivity index (χ1n) is 2.73. The molecule has 1 heterocycles. The molecule has 1 amide bonds. The van der Waals surface area contributed by atoms with E-state index in [0.29, 0.717) is 0 Å². The van der Waals surface area contributed by atoms with Gasteiger partial charge in [-0.05, 0) is 34.7 Å². The summed E-state index contributed by atoms with van der Waals surface area (Å²) in [4.78, 5) is 14.0. The highest BCUT2D eigenvalue weighted by molar-refractivity contribution is 14.1. The Morgan fingerprint density at radius 1 is 1.64 bits per heavy atom. The number of hydrogen-bond donors (Lipinski definition) is 1. The molecule has 0 bridgehead atoms. The largest absolute Gasteiger partial charge is 0.366 e. The zero-order valence-corrected chi connectivity index (χ0v) is 7.50. The number of nitrogens with two attached hydrogens (primary N) is 1. The van der Waals surface area contributed by atoms with Gasteiger partial charge in [-0.1, -0.05) is 0 Å². The van der Waals surface area contributed by atoms with Gasteiger partial charge in [0.15, 0.2) is 0 Å². The van der Waals surface area contributed by atoms with E-state index in [1.165, 1.54) is 6.07 Å². The highest BCUT2D eigenvalue weighted by Crippen LogP contribution is 2.08. The van der Waals surface area contributed by atoms with Gasteiger partial charge in [0, 0.05) is 0 Å². The third kappa shape index (κ3) is 1.86. The minimum absolute atomic E-state index is 0.243. The summed E-state index contributed by atoms with van der Waals surface area (Å²) < 4.78 is 12.6. The smallest absolute Gasteiger partial charge is 0.251 e. The summed E-state index contributed by atoms with van der Waals surface area (Å²) in [5.41, 5.74) is 5.20. The maximum absolute atomic E-state index is 12.3. The van der Waals surface area contributed by atoms with Crippen LogP contribution >= 0.6 is 22.6 Å². The molecule has 5 heteroatoms. The first-order valence-corrected chi connectivity index (χ1v) is 3.81. The second-order valence-corrected chi connectivity index (χ2v) is 2.86. The van der Waals surface area contributed by atoms with Gasteiger partial charge < -0.3 is 5.73 Å². The molecule has 2 N–H and O–H groups in total. The van der Waals surface area contributed by atoms with Crippen molar-refractivity contribution in [1.82, 2.24) is 4.98 Å². The summed E-state index contributed by atoms with van der Waals surface area (Å²) in [6.07, 6.45) is 0. The van der Waals surface area contributed by atoms with Crippen LogP contribution in [0.5, 0.6) is 0 Å². The van der Waals surface area contributed by atoms with Crippen LogP contribution in [0.3, 0.4) is 0 Å². The first kappa shape index (κ1) is 8.38. The average Bonchev–Trinajstić information content (AvgIpc) is 1.85. The standard InChI is InChI=1S/C6H4FIN2O/c7-4-2-1-3(6(9)11)5(8)10-4/h1-2H,(H2,9,11). The van der Waals surface area contributed by atoms with Gasteiger partial charge in [-0.3, -0.25) is 4.79 Å². The third-order valence-corrected chi connectivity index (χ3v) is 1.90. The van der Waals surface area contributed by atoms with E-state index >= 15 is 0 Å². The lowest BCUT2D eigenvalue weighted by Crippen LogP contribution is -2.13. The Morgan fingerprint density at radius 3 is 2.73 bits per heavy atom. The van der Waals surface area contributed by atoms with Crippen molar-refractivity contribution in [3.8, 4) is 0 Å². The van der Waals surface area contributed by atoms with Crippen LogP contribution in [0.2, 0.25) is 0 Å². The highest BCUT2D eigenvalue weighted by Gasteiger charge is 2.06. The van der Waals surface area contributed by atoms with Crippen LogP contribution in [-0.2, 0) is 0 Å². The molecule has 0 saturated carbocycles. The maximum atomic E-state index is 12.3. The third-order valence-electron chi connectivity index (χ3n) is 1.08. The molecule has 11 heavy (non-hydrogen) atoms. The number of rotatable bonds is 1. The number of pyridine rings is 1. The summed E-state index contributed by atoms with van der Waals surface area (Å²) in [7, 11) is 0. The minimum Gasteiger partial charge on any atom is -0.366 e. The van der Waals surface area contributed by atoms with Crippen LogP contribution in [0.1, 0.15) is 10.4 Å². The molecule has 1 rings (SSSR count). The van der Waals surface area contributed by atoms with Crippen LogP contribution in [0.4, 0.5) is 4.39 Å². The van der Waals surface area contributed by atoms with E-state index in [9.17, 15) is 9.18 Å². The monoisotopic (exact) mass is 266 g/mol. The molecule has 1 aromatic heterocycles. The van der Waals surface area contributed by atoms with Gasteiger partial charge in [0.2, 0.25) is 5.95 Å². The molecule has 0 aromatic carbocycles.